The molecule has 2 aliphatic carbocycles. The molecule has 0 radical (unpaired) electrons. The van der Waals surface area contributed by atoms with E-state index in [-0.39, 0.29) is 0 Å². The van der Waals surface area contributed by atoms with E-state index in [1.807, 2.05) is 0 Å². The van der Waals surface area contributed by atoms with Crippen LogP contribution in [0.4, 0.5) is 0 Å². The van der Waals surface area contributed by atoms with E-state index in [4.69, 9.17) is 5.73 Å². The third-order valence-corrected chi connectivity index (χ3v) is 4.57. The van der Waals surface area contributed by atoms with Crippen molar-refractivity contribution in [1.82, 2.24) is 0 Å². The Morgan fingerprint density at radius 1 is 1.07 bits per heavy atom. The Bertz CT molecular complexity index is 193. The molecule has 2 fully saturated rings. The van der Waals surface area contributed by atoms with E-state index in [2.05, 4.69) is 13.8 Å². The highest BCUT2D eigenvalue weighted by molar-refractivity contribution is 4.96. The molecule has 1 heteroatoms. The van der Waals surface area contributed by atoms with Crippen LogP contribution < -0.4 is 5.73 Å². The first-order valence-electron chi connectivity index (χ1n) is 6.25. The second-order valence-electron chi connectivity index (χ2n) is 6.52. The van der Waals surface area contributed by atoms with E-state index >= 15 is 0 Å². The zero-order valence-electron chi connectivity index (χ0n) is 9.81. The van der Waals surface area contributed by atoms with Crippen LogP contribution in [0.5, 0.6) is 0 Å². The van der Waals surface area contributed by atoms with Crippen molar-refractivity contribution in [3.63, 3.8) is 0 Å². The molecule has 2 saturated carbocycles. The van der Waals surface area contributed by atoms with Gasteiger partial charge in [0.1, 0.15) is 0 Å². The van der Waals surface area contributed by atoms with Crippen molar-refractivity contribution in [3.05, 3.63) is 0 Å². The molecule has 82 valence electrons. The minimum Gasteiger partial charge on any atom is -0.330 e. The van der Waals surface area contributed by atoms with Crippen molar-refractivity contribution in [2.75, 3.05) is 6.54 Å². The molecule has 0 saturated heterocycles. The number of rotatable bonds is 3. The summed E-state index contributed by atoms with van der Waals surface area (Å²) in [6, 6.07) is 0. The first-order chi connectivity index (χ1) is 6.55. The lowest BCUT2D eigenvalue weighted by Crippen LogP contribution is -2.25. The second kappa shape index (κ2) is 3.52. The molecular weight excluding hydrogens is 170 g/mol. The standard InChI is InChI=1S/C13H25N/c1-12(2)5-3-11(4-6-12)9-13(10-14)7-8-13/h11H,3-10,14H2,1-2H3. The summed E-state index contributed by atoms with van der Waals surface area (Å²) in [5.74, 6) is 0.995. The predicted molar refractivity (Wildman–Crippen MR) is 61.1 cm³/mol. The Kier molecular flexibility index (Phi) is 2.63. The maximum absolute atomic E-state index is 5.84. The molecule has 0 aromatic carbocycles. The Hall–Kier alpha value is -0.0400. The van der Waals surface area contributed by atoms with Crippen LogP contribution in [0.15, 0.2) is 0 Å². The summed E-state index contributed by atoms with van der Waals surface area (Å²) >= 11 is 0. The lowest BCUT2D eigenvalue weighted by atomic mass is 9.70. The summed E-state index contributed by atoms with van der Waals surface area (Å²) in [5, 5.41) is 0. The van der Waals surface area contributed by atoms with Gasteiger partial charge in [-0.15, -0.1) is 0 Å². The Morgan fingerprint density at radius 2 is 1.64 bits per heavy atom. The topological polar surface area (TPSA) is 26.0 Å². The third-order valence-electron chi connectivity index (χ3n) is 4.57. The van der Waals surface area contributed by atoms with E-state index in [1.165, 1.54) is 44.9 Å². The van der Waals surface area contributed by atoms with Gasteiger partial charge in [0, 0.05) is 0 Å². The van der Waals surface area contributed by atoms with Gasteiger partial charge >= 0.3 is 0 Å². The molecule has 2 rings (SSSR count). The summed E-state index contributed by atoms with van der Waals surface area (Å²) in [6.07, 6.45) is 10.0. The van der Waals surface area contributed by atoms with E-state index in [0.29, 0.717) is 10.8 Å². The summed E-state index contributed by atoms with van der Waals surface area (Å²) in [5.41, 5.74) is 7.06. The van der Waals surface area contributed by atoms with E-state index in [1.54, 1.807) is 0 Å². The van der Waals surface area contributed by atoms with Gasteiger partial charge in [-0.3, -0.25) is 0 Å². The van der Waals surface area contributed by atoms with Gasteiger partial charge in [0.2, 0.25) is 0 Å². The van der Waals surface area contributed by atoms with Crippen molar-refractivity contribution >= 4 is 0 Å². The van der Waals surface area contributed by atoms with Gasteiger partial charge in [0.25, 0.3) is 0 Å². The van der Waals surface area contributed by atoms with E-state index in [0.717, 1.165) is 12.5 Å². The second-order valence-corrected chi connectivity index (χ2v) is 6.52. The van der Waals surface area contributed by atoms with Gasteiger partial charge in [0.15, 0.2) is 0 Å². The first kappa shape index (κ1) is 10.5. The molecule has 0 aromatic heterocycles. The third kappa shape index (κ3) is 2.31. The van der Waals surface area contributed by atoms with Crippen molar-refractivity contribution in [2.45, 2.75) is 58.8 Å². The van der Waals surface area contributed by atoms with Crippen LogP contribution in [0.25, 0.3) is 0 Å². The lowest BCUT2D eigenvalue weighted by molar-refractivity contribution is 0.167. The van der Waals surface area contributed by atoms with Gasteiger partial charge < -0.3 is 5.73 Å². The molecule has 0 amide bonds. The predicted octanol–water partition coefficient (Wildman–Crippen LogP) is 3.33. The Morgan fingerprint density at radius 3 is 2.07 bits per heavy atom. The Labute approximate surface area is 88.4 Å². The maximum Gasteiger partial charge on any atom is -0.00204 e. The van der Waals surface area contributed by atoms with Crippen LogP contribution in [0, 0.1) is 16.7 Å². The van der Waals surface area contributed by atoms with Crippen LogP contribution in [0.3, 0.4) is 0 Å². The molecule has 0 heterocycles. The van der Waals surface area contributed by atoms with Crippen molar-refractivity contribution in [3.8, 4) is 0 Å². The zero-order chi connectivity index (χ0) is 10.2. The molecule has 2 aliphatic rings. The lowest BCUT2D eigenvalue weighted by Gasteiger charge is -2.35. The van der Waals surface area contributed by atoms with E-state index < -0.39 is 0 Å². The van der Waals surface area contributed by atoms with Crippen molar-refractivity contribution in [2.24, 2.45) is 22.5 Å². The van der Waals surface area contributed by atoms with Gasteiger partial charge in [-0.2, -0.15) is 0 Å². The fraction of sp³-hybridized carbons (Fsp3) is 1.00. The average molecular weight is 195 g/mol. The van der Waals surface area contributed by atoms with Crippen LogP contribution in [-0.4, -0.2) is 6.54 Å². The largest absolute Gasteiger partial charge is 0.330 e. The van der Waals surface area contributed by atoms with Crippen LogP contribution >= 0.6 is 0 Å². The highest BCUT2D eigenvalue weighted by atomic mass is 14.7. The molecule has 0 bridgehead atoms. The monoisotopic (exact) mass is 195 g/mol. The van der Waals surface area contributed by atoms with Gasteiger partial charge in [0.05, 0.1) is 0 Å². The first-order valence-corrected chi connectivity index (χ1v) is 6.25. The van der Waals surface area contributed by atoms with Crippen molar-refractivity contribution < 1.29 is 0 Å². The minimum absolute atomic E-state index is 0.603. The van der Waals surface area contributed by atoms with Crippen LogP contribution in [0.1, 0.15) is 58.8 Å². The fourth-order valence-corrected chi connectivity index (χ4v) is 2.94. The average Bonchev–Trinajstić information content (AvgIpc) is 2.90. The van der Waals surface area contributed by atoms with Gasteiger partial charge in [-0.25, -0.2) is 0 Å². The van der Waals surface area contributed by atoms with Crippen LogP contribution in [0.2, 0.25) is 0 Å². The van der Waals surface area contributed by atoms with Crippen molar-refractivity contribution in [1.29, 1.82) is 0 Å². The molecular formula is C13H25N. The zero-order valence-corrected chi connectivity index (χ0v) is 9.81. The SMILES string of the molecule is CC1(C)CCC(CC2(CN)CC2)CC1. The molecule has 0 aliphatic heterocycles. The molecule has 0 atom stereocenters. The van der Waals surface area contributed by atoms with Gasteiger partial charge in [-0.1, -0.05) is 13.8 Å². The summed E-state index contributed by atoms with van der Waals surface area (Å²) in [6.45, 7) is 5.77. The molecule has 2 N–H and O–H groups in total. The molecule has 0 aromatic rings. The Balaban J connectivity index is 1.79. The van der Waals surface area contributed by atoms with Gasteiger partial charge in [-0.05, 0) is 68.2 Å². The summed E-state index contributed by atoms with van der Waals surface area (Å²) in [4.78, 5) is 0. The molecule has 14 heavy (non-hydrogen) atoms. The maximum atomic E-state index is 5.84. The fourth-order valence-electron chi connectivity index (χ4n) is 2.94. The smallest absolute Gasteiger partial charge is 0.00204 e. The highest BCUT2D eigenvalue weighted by Gasteiger charge is 2.43. The van der Waals surface area contributed by atoms with Crippen LogP contribution in [-0.2, 0) is 0 Å². The number of hydrogen-bond acceptors (Lipinski definition) is 1. The highest BCUT2D eigenvalue weighted by Crippen LogP contribution is 2.52. The minimum atomic E-state index is 0.603. The molecule has 0 unspecified atom stereocenters. The molecule has 1 nitrogen and oxygen atoms in total. The normalized spacial score (nSPS) is 30.2. The quantitative estimate of drug-likeness (QED) is 0.734. The summed E-state index contributed by atoms with van der Waals surface area (Å²) < 4.78 is 0. The van der Waals surface area contributed by atoms with E-state index in [9.17, 15) is 0 Å². The summed E-state index contributed by atoms with van der Waals surface area (Å²) in [7, 11) is 0. The number of nitrogens with two attached hydrogens (primary N) is 1. The number of hydrogen-bond donors (Lipinski definition) is 1. The molecule has 0 spiro atoms.